The third kappa shape index (κ3) is 2.57. The van der Waals surface area contributed by atoms with Gasteiger partial charge in [-0.1, -0.05) is 24.3 Å². The van der Waals surface area contributed by atoms with Crippen molar-refractivity contribution in [3.8, 4) is 11.5 Å². The summed E-state index contributed by atoms with van der Waals surface area (Å²) in [6.45, 7) is 0.271. The Bertz CT molecular complexity index is 767. The zero-order chi connectivity index (χ0) is 17.6. The lowest BCUT2D eigenvalue weighted by Crippen LogP contribution is -2.64. The fraction of sp³-hybridized carbons (Fsp3) is 0.278. The standard InChI is InChI=1S/C18H19N3O4/c19-11-9-20(18(23)24)10-14(17(11)22)21-12-5-1-3-7-15(12)25-16-8-4-2-6-13(16)21/h1-8,11,14,17,22H,9-10,19H2,(H,23,24). The first-order valence-electron chi connectivity index (χ1n) is 8.13. The molecule has 1 saturated heterocycles. The fourth-order valence-electron chi connectivity index (χ4n) is 3.54. The Labute approximate surface area is 144 Å². The van der Waals surface area contributed by atoms with Crippen molar-refractivity contribution in [3.05, 3.63) is 48.5 Å². The number of likely N-dealkylation sites (tertiary alicyclic amines) is 1. The molecule has 1 fully saturated rings. The molecule has 4 rings (SSSR count). The molecule has 1 amide bonds. The summed E-state index contributed by atoms with van der Waals surface area (Å²) < 4.78 is 5.95. The minimum absolute atomic E-state index is 0.112. The number of carboxylic acid groups (broad SMARTS) is 1. The van der Waals surface area contributed by atoms with Crippen LogP contribution in [-0.4, -0.2) is 52.5 Å². The lowest BCUT2D eigenvalue weighted by atomic mass is 9.94. The molecule has 2 heterocycles. The van der Waals surface area contributed by atoms with Crippen molar-refractivity contribution < 1.29 is 19.7 Å². The molecule has 25 heavy (non-hydrogen) atoms. The zero-order valence-electron chi connectivity index (χ0n) is 13.4. The number of hydrogen-bond acceptors (Lipinski definition) is 5. The van der Waals surface area contributed by atoms with E-state index < -0.39 is 24.3 Å². The minimum atomic E-state index is -1.04. The summed E-state index contributed by atoms with van der Waals surface area (Å²) in [5.41, 5.74) is 7.59. The molecule has 7 heteroatoms. The van der Waals surface area contributed by atoms with Crippen LogP contribution in [0.3, 0.4) is 0 Å². The molecule has 2 aliphatic rings. The molecule has 7 nitrogen and oxygen atoms in total. The molecular weight excluding hydrogens is 322 g/mol. The number of aliphatic hydroxyl groups excluding tert-OH is 1. The first kappa shape index (κ1) is 15.7. The van der Waals surface area contributed by atoms with Crippen LogP contribution >= 0.6 is 0 Å². The summed E-state index contributed by atoms with van der Waals surface area (Å²) in [6, 6.07) is 13.8. The van der Waals surface area contributed by atoms with E-state index in [1.165, 1.54) is 4.90 Å². The molecule has 3 atom stereocenters. The van der Waals surface area contributed by atoms with Crippen LogP contribution in [-0.2, 0) is 0 Å². The Kier molecular flexibility index (Phi) is 3.74. The second kappa shape index (κ2) is 5.94. The maximum atomic E-state index is 11.5. The Morgan fingerprint density at radius 1 is 1.04 bits per heavy atom. The molecule has 3 unspecified atom stereocenters. The summed E-state index contributed by atoms with van der Waals surface area (Å²) >= 11 is 0. The molecule has 4 N–H and O–H groups in total. The van der Waals surface area contributed by atoms with Crippen LogP contribution in [0.15, 0.2) is 48.5 Å². The lowest BCUT2D eigenvalue weighted by molar-refractivity contribution is 0.0442. The third-order valence-corrected chi connectivity index (χ3v) is 4.74. The summed E-state index contributed by atoms with van der Waals surface area (Å²) in [4.78, 5) is 14.7. The monoisotopic (exact) mass is 341 g/mol. The Morgan fingerprint density at radius 2 is 1.60 bits per heavy atom. The van der Waals surface area contributed by atoms with Gasteiger partial charge in [-0.3, -0.25) is 0 Å². The molecule has 0 saturated carbocycles. The van der Waals surface area contributed by atoms with E-state index in [0.717, 1.165) is 11.4 Å². The van der Waals surface area contributed by atoms with E-state index in [1.807, 2.05) is 53.4 Å². The van der Waals surface area contributed by atoms with Crippen LogP contribution in [0.1, 0.15) is 0 Å². The quantitative estimate of drug-likeness (QED) is 0.733. The van der Waals surface area contributed by atoms with Crippen LogP contribution in [0.2, 0.25) is 0 Å². The van der Waals surface area contributed by atoms with E-state index in [2.05, 4.69) is 0 Å². The molecule has 0 aliphatic carbocycles. The molecule has 0 radical (unpaired) electrons. The van der Waals surface area contributed by atoms with Gasteiger partial charge in [0.1, 0.15) is 0 Å². The third-order valence-electron chi connectivity index (χ3n) is 4.74. The van der Waals surface area contributed by atoms with Crippen molar-refractivity contribution in [1.82, 2.24) is 4.90 Å². The Morgan fingerprint density at radius 3 is 2.16 bits per heavy atom. The van der Waals surface area contributed by atoms with Gasteiger partial charge in [0.2, 0.25) is 0 Å². The predicted molar refractivity (Wildman–Crippen MR) is 92.5 cm³/mol. The van der Waals surface area contributed by atoms with Crippen molar-refractivity contribution >= 4 is 17.5 Å². The van der Waals surface area contributed by atoms with Gasteiger partial charge in [0, 0.05) is 13.1 Å². The minimum Gasteiger partial charge on any atom is -0.465 e. The first-order valence-corrected chi connectivity index (χ1v) is 8.13. The fourth-order valence-corrected chi connectivity index (χ4v) is 3.54. The van der Waals surface area contributed by atoms with E-state index in [9.17, 15) is 15.0 Å². The smallest absolute Gasteiger partial charge is 0.407 e. The average molecular weight is 341 g/mol. The summed E-state index contributed by atoms with van der Waals surface area (Å²) in [5.74, 6) is 1.32. The van der Waals surface area contributed by atoms with Gasteiger partial charge in [-0.15, -0.1) is 0 Å². The van der Waals surface area contributed by atoms with Crippen molar-refractivity contribution in [2.75, 3.05) is 18.0 Å². The van der Waals surface area contributed by atoms with E-state index in [1.54, 1.807) is 0 Å². The maximum Gasteiger partial charge on any atom is 0.407 e. The van der Waals surface area contributed by atoms with Crippen molar-refractivity contribution in [2.45, 2.75) is 18.2 Å². The highest BCUT2D eigenvalue weighted by atomic mass is 16.5. The van der Waals surface area contributed by atoms with Crippen LogP contribution in [0.25, 0.3) is 0 Å². The van der Waals surface area contributed by atoms with Gasteiger partial charge in [-0.2, -0.15) is 0 Å². The number of benzene rings is 2. The summed E-state index contributed by atoms with van der Waals surface area (Å²) in [7, 11) is 0. The number of nitrogens with zero attached hydrogens (tertiary/aromatic N) is 2. The van der Waals surface area contributed by atoms with Crippen LogP contribution in [0, 0.1) is 0 Å². The number of fused-ring (bicyclic) bond motifs is 2. The number of ether oxygens (including phenoxy) is 1. The van der Waals surface area contributed by atoms with Crippen LogP contribution < -0.4 is 15.4 Å². The average Bonchev–Trinajstić information content (AvgIpc) is 2.62. The van der Waals surface area contributed by atoms with Gasteiger partial charge in [-0.05, 0) is 24.3 Å². The number of piperidine rings is 1. The topological polar surface area (TPSA) is 99.3 Å². The SMILES string of the molecule is NC1CN(C(=O)O)CC(N2c3ccccc3Oc3ccccc32)C1O. The van der Waals surface area contributed by atoms with E-state index >= 15 is 0 Å². The zero-order valence-corrected chi connectivity index (χ0v) is 13.4. The highest BCUT2D eigenvalue weighted by molar-refractivity contribution is 5.79. The van der Waals surface area contributed by atoms with E-state index in [4.69, 9.17) is 10.5 Å². The Balaban J connectivity index is 1.82. The van der Waals surface area contributed by atoms with Gasteiger partial charge in [-0.25, -0.2) is 4.79 Å². The first-order chi connectivity index (χ1) is 12.1. The molecule has 2 aromatic carbocycles. The van der Waals surface area contributed by atoms with Gasteiger partial charge in [0.05, 0.1) is 29.6 Å². The van der Waals surface area contributed by atoms with E-state index in [0.29, 0.717) is 11.5 Å². The molecule has 2 aliphatic heterocycles. The normalized spacial score (nSPS) is 25.0. The highest BCUT2D eigenvalue weighted by Gasteiger charge is 2.42. The van der Waals surface area contributed by atoms with Crippen LogP contribution in [0.4, 0.5) is 16.2 Å². The summed E-state index contributed by atoms with van der Waals surface area (Å²) in [5, 5.41) is 20.1. The number of rotatable bonds is 1. The van der Waals surface area contributed by atoms with Gasteiger partial charge >= 0.3 is 6.09 Å². The van der Waals surface area contributed by atoms with Gasteiger partial charge in [0.15, 0.2) is 11.5 Å². The summed E-state index contributed by atoms with van der Waals surface area (Å²) in [6.07, 6.45) is -1.91. The Hall–Kier alpha value is -2.77. The van der Waals surface area contributed by atoms with Gasteiger partial charge in [0.25, 0.3) is 0 Å². The van der Waals surface area contributed by atoms with Crippen molar-refractivity contribution in [1.29, 1.82) is 0 Å². The number of amides is 1. The van der Waals surface area contributed by atoms with Crippen molar-refractivity contribution in [2.24, 2.45) is 5.73 Å². The number of nitrogens with two attached hydrogens (primary N) is 1. The van der Waals surface area contributed by atoms with Crippen LogP contribution in [0.5, 0.6) is 11.5 Å². The molecule has 2 aromatic rings. The molecule has 0 spiro atoms. The number of anilines is 2. The second-order valence-corrected chi connectivity index (χ2v) is 6.32. The molecular formula is C18H19N3O4. The van der Waals surface area contributed by atoms with Gasteiger partial charge < -0.3 is 30.5 Å². The largest absolute Gasteiger partial charge is 0.465 e. The maximum absolute atomic E-state index is 11.5. The van der Waals surface area contributed by atoms with Crippen molar-refractivity contribution in [3.63, 3.8) is 0 Å². The highest BCUT2D eigenvalue weighted by Crippen LogP contribution is 2.48. The number of carbonyl (C=O) groups is 1. The second-order valence-electron chi connectivity index (χ2n) is 6.32. The lowest BCUT2D eigenvalue weighted by Gasteiger charge is -2.46. The number of aliphatic hydroxyl groups is 1. The predicted octanol–water partition coefficient (Wildman–Crippen LogP) is 1.98. The number of hydrogen-bond donors (Lipinski definition) is 3. The molecule has 130 valence electrons. The number of para-hydroxylation sites is 4. The van der Waals surface area contributed by atoms with E-state index in [-0.39, 0.29) is 13.1 Å². The molecule has 0 bridgehead atoms. The molecule has 0 aromatic heterocycles.